The second kappa shape index (κ2) is 7.08. The summed E-state index contributed by atoms with van der Waals surface area (Å²) in [5.74, 6) is -1.44. The summed E-state index contributed by atoms with van der Waals surface area (Å²) in [5, 5.41) is 12.1. The van der Waals surface area contributed by atoms with Crippen molar-refractivity contribution in [2.45, 2.75) is 64.2 Å². The minimum atomic E-state index is -0.969. The minimum absolute atomic E-state index is 0.0872. The van der Waals surface area contributed by atoms with Gasteiger partial charge in [-0.05, 0) is 71.6 Å². The summed E-state index contributed by atoms with van der Waals surface area (Å²) in [4.78, 5) is 23.8. The van der Waals surface area contributed by atoms with Gasteiger partial charge >= 0.3 is 5.97 Å². The molecule has 148 valence electrons. The largest absolute Gasteiger partial charge is 0.478 e. The summed E-state index contributed by atoms with van der Waals surface area (Å²) in [7, 11) is 0. The molecule has 0 heterocycles. The first-order valence-electron chi connectivity index (χ1n) is 9.80. The number of rotatable bonds is 4. The van der Waals surface area contributed by atoms with E-state index in [4.69, 9.17) is 5.11 Å². The monoisotopic (exact) mass is 379 g/mol. The third-order valence-corrected chi connectivity index (χ3v) is 6.17. The first-order valence-corrected chi connectivity index (χ1v) is 9.80. The van der Waals surface area contributed by atoms with Crippen LogP contribution in [0.15, 0.2) is 42.5 Å². The highest BCUT2D eigenvalue weighted by atomic mass is 16.4. The van der Waals surface area contributed by atoms with E-state index in [1.54, 1.807) is 12.1 Å². The van der Waals surface area contributed by atoms with E-state index in [9.17, 15) is 9.59 Å². The Balaban J connectivity index is 1.82. The first-order chi connectivity index (χ1) is 13.0. The van der Waals surface area contributed by atoms with Crippen LogP contribution >= 0.6 is 0 Å². The van der Waals surface area contributed by atoms with Crippen molar-refractivity contribution in [2.75, 3.05) is 5.32 Å². The number of anilines is 1. The number of fused-ring (bicyclic) bond motifs is 1. The highest BCUT2D eigenvalue weighted by Crippen LogP contribution is 2.46. The molecule has 1 unspecified atom stereocenters. The second-order valence-electron chi connectivity index (χ2n) is 9.17. The Kier molecular flexibility index (Phi) is 5.09. The molecule has 0 spiro atoms. The van der Waals surface area contributed by atoms with Gasteiger partial charge in [0.05, 0.1) is 11.5 Å². The van der Waals surface area contributed by atoms with Gasteiger partial charge in [-0.1, -0.05) is 45.9 Å². The summed E-state index contributed by atoms with van der Waals surface area (Å²) in [6.07, 6.45) is 2.28. The van der Waals surface area contributed by atoms with E-state index in [1.165, 1.54) is 23.3 Å². The van der Waals surface area contributed by atoms with Crippen molar-refractivity contribution in [1.29, 1.82) is 0 Å². The van der Waals surface area contributed by atoms with Gasteiger partial charge in [0.2, 0.25) is 5.91 Å². The zero-order chi connectivity index (χ0) is 20.7. The van der Waals surface area contributed by atoms with Gasteiger partial charge in [-0.25, -0.2) is 4.79 Å². The Morgan fingerprint density at radius 3 is 2.07 bits per heavy atom. The van der Waals surface area contributed by atoms with Gasteiger partial charge in [0.15, 0.2) is 0 Å². The Hall–Kier alpha value is -2.62. The van der Waals surface area contributed by atoms with Crippen molar-refractivity contribution < 1.29 is 14.7 Å². The molecular formula is C24H29NO3. The first kappa shape index (κ1) is 20.1. The van der Waals surface area contributed by atoms with Crippen LogP contribution in [0.4, 0.5) is 5.69 Å². The van der Waals surface area contributed by atoms with Crippen LogP contribution in [0.2, 0.25) is 0 Å². The van der Waals surface area contributed by atoms with Crippen LogP contribution in [-0.2, 0) is 15.6 Å². The topological polar surface area (TPSA) is 66.4 Å². The molecule has 3 rings (SSSR count). The number of carboxylic acids is 1. The van der Waals surface area contributed by atoms with E-state index in [2.05, 4.69) is 45.1 Å². The highest BCUT2D eigenvalue weighted by Gasteiger charge is 2.37. The zero-order valence-electron chi connectivity index (χ0n) is 17.3. The van der Waals surface area contributed by atoms with Crippen LogP contribution in [0.5, 0.6) is 0 Å². The van der Waals surface area contributed by atoms with Gasteiger partial charge < -0.3 is 10.4 Å². The molecule has 4 nitrogen and oxygen atoms in total. The molecular weight excluding hydrogens is 350 g/mol. The lowest BCUT2D eigenvalue weighted by atomic mass is 9.63. The highest BCUT2D eigenvalue weighted by molar-refractivity contribution is 5.96. The van der Waals surface area contributed by atoms with Crippen molar-refractivity contribution in [3.63, 3.8) is 0 Å². The smallest absolute Gasteiger partial charge is 0.335 e. The van der Waals surface area contributed by atoms with E-state index in [-0.39, 0.29) is 28.2 Å². The average molecular weight is 380 g/mol. The van der Waals surface area contributed by atoms with Gasteiger partial charge in [0.1, 0.15) is 0 Å². The Morgan fingerprint density at radius 1 is 0.929 bits per heavy atom. The molecule has 0 aliphatic heterocycles. The molecule has 28 heavy (non-hydrogen) atoms. The lowest BCUT2D eigenvalue weighted by Gasteiger charge is -2.42. The molecule has 1 aliphatic rings. The van der Waals surface area contributed by atoms with E-state index < -0.39 is 5.97 Å². The zero-order valence-corrected chi connectivity index (χ0v) is 17.3. The van der Waals surface area contributed by atoms with E-state index in [1.807, 2.05) is 13.0 Å². The van der Waals surface area contributed by atoms with Gasteiger partial charge in [-0.3, -0.25) is 4.79 Å². The Labute approximate surface area is 167 Å². The summed E-state index contributed by atoms with van der Waals surface area (Å²) >= 11 is 0. The number of aromatic carboxylic acids is 1. The summed E-state index contributed by atoms with van der Waals surface area (Å²) in [6, 6.07) is 12.7. The van der Waals surface area contributed by atoms with Crippen molar-refractivity contribution in [1.82, 2.24) is 0 Å². The van der Waals surface area contributed by atoms with E-state index in [0.717, 1.165) is 24.1 Å². The maximum Gasteiger partial charge on any atom is 0.335 e. The van der Waals surface area contributed by atoms with Crippen LogP contribution in [0.25, 0.3) is 0 Å². The van der Waals surface area contributed by atoms with Crippen LogP contribution in [0.1, 0.15) is 80.4 Å². The molecule has 0 bridgehead atoms. The fourth-order valence-corrected chi connectivity index (χ4v) is 3.98. The number of hydrogen-bond acceptors (Lipinski definition) is 2. The number of nitrogens with one attached hydrogen (secondary N) is 1. The van der Waals surface area contributed by atoms with Crippen LogP contribution in [0, 0.1) is 0 Å². The molecule has 2 aromatic carbocycles. The molecule has 1 atom stereocenters. The maximum absolute atomic E-state index is 12.8. The van der Waals surface area contributed by atoms with Crippen LogP contribution in [0.3, 0.4) is 0 Å². The fourth-order valence-electron chi connectivity index (χ4n) is 3.98. The maximum atomic E-state index is 12.8. The summed E-state index contributed by atoms with van der Waals surface area (Å²) in [6.45, 7) is 10.9. The normalized spacial score (nSPS) is 18.0. The molecule has 0 aromatic heterocycles. The number of carbonyl (C=O) groups excluding carboxylic acids is 1. The SMILES string of the molecule is CC(C(=O)Nc1ccc2c(c1)C(C)(C)CCC2(C)C)c1ccc(C(=O)O)cc1. The van der Waals surface area contributed by atoms with Crippen molar-refractivity contribution in [3.8, 4) is 0 Å². The van der Waals surface area contributed by atoms with E-state index in [0.29, 0.717) is 0 Å². The standard InChI is InChI=1S/C24H29NO3/c1-15(16-6-8-17(9-7-16)22(27)28)21(26)25-18-10-11-19-20(14-18)24(4,5)13-12-23(19,2)3/h6-11,14-15H,12-13H2,1-5H3,(H,25,26)(H,27,28). The van der Waals surface area contributed by atoms with Crippen molar-refractivity contribution >= 4 is 17.6 Å². The number of carbonyl (C=O) groups is 2. The minimum Gasteiger partial charge on any atom is -0.478 e. The molecule has 2 aromatic rings. The lowest BCUT2D eigenvalue weighted by molar-refractivity contribution is -0.117. The van der Waals surface area contributed by atoms with Gasteiger partial charge in [0, 0.05) is 5.69 Å². The summed E-state index contributed by atoms with van der Waals surface area (Å²) in [5.41, 5.74) is 4.72. The van der Waals surface area contributed by atoms with Crippen LogP contribution in [-0.4, -0.2) is 17.0 Å². The number of carboxylic acid groups (broad SMARTS) is 1. The molecule has 4 heteroatoms. The number of amides is 1. The Bertz CT molecular complexity index is 910. The van der Waals surface area contributed by atoms with Crippen molar-refractivity contribution in [3.05, 3.63) is 64.7 Å². The molecule has 1 aliphatic carbocycles. The predicted octanol–water partition coefficient (Wildman–Crippen LogP) is 5.48. The average Bonchev–Trinajstić information content (AvgIpc) is 2.65. The molecule has 2 N–H and O–H groups in total. The molecule has 0 radical (unpaired) electrons. The number of hydrogen-bond donors (Lipinski definition) is 2. The van der Waals surface area contributed by atoms with Gasteiger partial charge in [0.25, 0.3) is 0 Å². The van der Waals surface area contributed by atoms with Crippen molar-refractivity contribution in [2.24, 2.45) is 0 Å². The Morgan fingerprint density at radius 2 is 1.50 bits per heavy atom. The quantitative estimate of drug-likeness (QED) is 0.739. The van der Waals surface area contributed by atoms with Gasteiger partial charge in [-0.2, -0.15) is 0 Å². The third-order valence-electron chi connectivity index (χ3n) is 6.17. The fraction of sp³-hybridized carbons (Fsp3) is 0.417. The second-order valence-corrected chi connectivity index (χ2v) is 9.17. The molecule has 0 saturated heterocycles. The predicted molar refractivity (Wildman–Crippen MR) is 112 cm³/mol. The van der Waals surface area contributed by atoms with E-state index >= 15 is 0 Å². The van der Waals surface area contributed by atoms with Crippen LogP contribution < -0.4 is 5.32 Å². The number of benzene rings is 2. The molecule has 0 saturated carbocycles. The van der Waals surface area contributed by atoms with Gasteiger partial charge in [-0.15, -0.1) is 0 Å². The summed E-state index contributed by atoms with van der Waals surface area (Å²) < 4.78 is 0. The lowest BCUT2D eigenvalue weighted by Crippen LogP contribution is -2.34. The third kappa shape index (κ3) is 3.82. The molecule has 1 amide bonds. The molecule has 0 fully saturated rings.